The molecule has 3 heteroatoms. The van der Waals surface area contributed by atoms with Crippen molar-refractivity contribution < 1.29 is 9.90 Å². The van der Waals surface area contributed by atoms with Crippen LogP contribution in [0.3, 0.4) is 0 Å². The van der Waals surface area contributed by atoms with E-state index in [4.69, 9.17) is 5.11 Å². The van der Waals surface area contributed by atoms with Gasteiger partial charge >= 0.3 is 5.97 Å². The molecule has 0 spiro atoms. The first-order valence-electron chi connectivity index (χ1n) is 5.74. The fraction of sp³-hybridized carbons (Fsp3) is 0.462. The van der Waals surface area contributed by atoms with Crippen LogP contribution in [-0.4, -0.2) is 17.6 Å². The van der Waals surface area contributed by atoms with Gasteiger partial charge in [0.25, 0.3) is 0 Å². The van der Waals surface area contributed by atoms with Gasteiger partial charge in [-0.3, -0.25) is 0 Å². The Morgan fingerprint density at radius 2 is 2.06 bits per heavy atom. The second-order valence-electron chi connectivity index (χ2n) is 4.58. The van der Waals surface area contributed by atoms with Crippen molar-refractivity contribution in [3.63, 3.8) is 0 Å². The number of hydrogen-bond donors (Lipinski definition) is 2. The van der Waals surface area contributed by atoms with E-state index in [9.17, 15) is 4.79 Å². The molecule has 0 heterocycles. The second-order valence-corrected chi connectivity index (χ2v) is 4.58. The van der Waals surface area contributed by atoms with E-state index in [0.29, 0.717) is 11.5 Å². The summed E-state index contributed by atoms with van der Waals surface area (Å²) in [5.41, 5.74) is 1.33. The third-order valence-corrected chi connectivity index (χ3v) is 3.19. The molecule has 0 aliphatic heterocycles. The van der Waals surface area contributed by atoms with Crippen LogP contribution >= 0.6 is 0 Å². The monoisotopic (exact) mass is 219 g/mol. The van der Waals surface area contributed by atoms with E-state index in [-0.39, 0.29) is 0 Å². The molecule has 0 bridgehead atoms. The zero-order valence-corrected chi connectivity index (χ0v) is 9.44. The second kappa shape index (κ2) is 4.56. The normalized spacial score (nSPS) is 16.8. The fourth-order valence-electron chi connectivity index (χ4n) is 1.84. The first-order chi connectivity index (χ1) is 7.66. The maximum atomic E-state index is 10.7. The van der Waals surface area contributed by atoms with E-state index >= 15 is 0 Å². The Labute approximate surface area is 95.5 Å². The Hall–Kier alpha value is -1.51. The molecule has 16 heavy (non-hydrogen) atoms. The number of carboxylic acids is 1. The lowest BCUT2D eigenvalue weighted by atomic mass is 10.1. The standard InChI is InChI=1S/C13H17NO2/c1-9(10-2-3-10)8-14-12-6-4-11(5-7-12)13(15)16/h4-7,9-10,14H,2-3,8H2,1H3,(H,15,16). The molecule has 0 amide bonds. The van der Waals surface area contributed by atoms with Crippen LogP contribution in [0.15, 0.2) is 24.3 Å². The zero-order valence-electron chi connectivity index (χ0n) is 9.44. The Bertz CT molecular complexity index is 368. The van der Waals surface area contributed by atoms with Gasteiger partial charge in [-0.25, -0.2) is 4.79 Å². The molecule has 1 unspecified atom stereocenters. The predicted molar refractivity (Wildman–Crippen MR) is 63.8 cm³/mol. The van der Waals surface area contributed by atoms with E-state index in [0.717, 1.165) is 18.2 Å². The van der Waals surface area contributed by atoms with Crippen molar-refractivity contribution in [2.75, 3.05) is 11.9 Å². The van der Waals surface area contributed by atoms with Crippen molar-refractivity contribution in [2.45, 2.75) is 19.8 Å². The molecule has 0 radical (unpaired) electrons. The van der Waals surface area contributed by atoms with Crippen LogP contribution in [-0.2, 0) is 0 Å². The topological polar surface area (TPSA) is 49.3 Å². The summed E-state index contributed by atoms with van der Waals surface area (Å²) in [6.45, 7) is 3.23. The predicted octanol–water partition coefficient (Wildman–Crippen LogP) is 2.84. The van der Waals surface area contributed by atoms with Crippen molar-refractivity contribution in [1.29, 1.82) is 0 Å². The number of rotatable bonds is 5. The van der Waals surface area contributed by atoms with Crippen LogP contribution in [0.2, 0.25) is 0 Å². The molecule has 86 valence electrons. The molecule has 1 aliphatic carbocycles. The van der Waals surface area contributed by atoms with Crippen LogP contribution in [0.25, 0.3) is 0 Å². The third-order valence-electron chi connectivity index (χ3n) is 3.19. The van der Waals surface area contributed by atoms with Crippen molar-refractivity contribution in [3.05, 3.63) is 29.8 Å². The maximum absolute atomic E-state index is 10.7. The number of hydrogen-bond acceptors (Lipinski definition) is 2. The summed E-state index contributed by atoms with van der Waals surface area (Å²) in [5, 5.41) is 12.1. The molecule has 1 fully saturated rings. The SMILES string of the molecule is CC(CNc1ccc(C(=O)O)cc1)C1CC1. The van der Waals surface area contributed by atoms with Gasteiger partial charge in [0.15, 0.2) is 0 Å². The van der Waals surface area contributed by atoms with Gasteiger partial charge in [0.2, 0.25) is 0 Å². The van der Waals surface area contributed by atoms with Crippen LogP contribution in [0.5, 0.6) is 0 Å². The molecular weight excluding hydrogens is 202 g/mol. The maximum Gasteiger partial charge on any atom is 0.335 e. The molecule has 1 atom stereocenters. The van der Waals surface area contributed by atoms with Gasteiger partial charge in [0.1, 0.15) is 0 Å². The highest BCUT2D eigenvalue weighted by Gasteiger charge is 2.27. The first-order valence-corrected chi connectivity index (χ1v) is 5.74. The van der Waals surface area contributed by atoms with Gasteiger partial charge in [0.05, 0.1) is 5.56 Å². The molecule has 2 N–H and O–H groups in total. The summed E-state index contributed by atoms with van der Waals surface area (Å²) < 4.78 is 0. The summed E-state index contributed by atoms with van der Waals surface area (Å²) in [4.78, 5) is 10.7. The Balaban J connectivity index is 1.86. The third kappa shape index (κ3) is 2.75. The van der Waals surface area contributed by atoms with E-state index < -0.39 is 5.97 Å². The molecule has 1 aromatic carbocycles. The van der Waals surface area contributed by atoms with Crippen molar-refractivity contribution >= 4 is 11.7 Å². The molecule has 1 aromatic rings. The summed E-state index contributed by atoms with van der Waals surface area (Å²) in [7, 11) is 0. The van der Waals surface area contributed by atoms with E-state index in [1.807, 2.05) is 12.1 Å². The molecule has 3 nitrogen and oxygen atoms in total. The fourth-order valence-corrected chi connectivity index (χ4v) is 1.84. The molecular formula is C13H17NO2. The van der Waals surface area contributed by atoms with Gasteiger partial charge in [-0.1, -0.05) is 6.92 Å². The van der Waals surface area contributed by atoms with Gasteiger partial charge in [-0.05, 0) is 48.9 Å². The average Bonchev–Trinajstić information content (AvgIpc) is 3.10. The minimum Gasteiger partial charge on any atom is -0.478 e. The highest BCUT2D eigenvalue weighted by Crippen LogP contribution is 2.36. The highest BCUT2D eigenvalue weighted by molar-refractivity contribution is 5.87. The summed E-state index contributed by atoms with van der Waals surface area (Å²) in [5.74, 6) is 0.725. The smallest absolute Gasteiger partial charge is 0.335 e. The average molecular weight is 219 g/mol. The minimum absolute atomic E-state index is 0.334. The van der Waals surface area contributed by atoms with Crippen LogP contribution < -0.4 is 5.32 Å². The van der Waals surface area contributed by atoms with Crippen LogP contribution in [0, 0.1) is 11.8 Å². The van der Waals surface area contributed by atoms with Crippen molar-refractivity contribution in [2.24, 2.45) is 11.8 Å². The molecule has 2 rings (SSSR count). The molecule has 1 saturated carbocycles. The Morgan fingerprint density at radius 1 is 1.44 bits per heavy atom. The van der Waals surface area contributed by atoms with E-state index in [1.54, 1.807) is 12.1 Å². The van der Waals surface area contributed by atoms with Gasteiger partial charge in [0, 0.05) is 12.2 Å². The minimum atomic E-state index is -0.877. The van der Waals surface area contributed by atoms with Crippen LogP contribution in [0.1, 0.15) is 30.1 Å². The number of benzene rings is 1. The first kappa shape index (κ1) is 11.0. The summed E-state index contributed by atoms with van der Waals surface area (Å²) in [6.07, 6.45) is 2.72. The number of nitrogens with one attached hydrogen (secondary N) is 1. The highest BCUT2D eigenvalue weighted by atomic mass is 16.4. The Morgan fingerprint density at radius 3 is 2.56 bits per heavy atom. The van der Waals surface area contributed by atoms with Gasteiger partial charge in [-0.2, -0.15) is 0 Å². The summed E-state index contributed by atoms with van der Waals surface area (Å²) in [6, 6.07) is 6.91. The van der Waals surface area contributed by atoms with Crippen LogP contribution in [0.4, 0.5) is 5.69 Å². The summed E-state index contributed by atoms with van der Waals surface area (Å²) >= 11 is 0. The van der Waals surface area contributed by atoms with Crippen molar-refractivity contribution in [1.82, 2.24) is 0 Å². The zero-order chi connectivity index (χ0) is 11.5. The quantitative estimate of drug-likeness (QED) is 0.800. The van der Waals surface area contributed by atoms with Gasteiger partial charge in [-0.15, -0.1) is 0 Å². The van der Waals surface area contributed by atoms with E-state index in [1.165, 1.54) is 12.8 Å². The lowest BCUT2D eigenvalue weighted by molar-refractivity contribution is 0.0697. The van der Waals surface area contributed by atoms with Gasteiger partial charge < -0.3 is 10.4 Å². The molecule has 1 aliphatic rings. The number of carboxylic acid groups (broad SMARTS) is 1. The molecule has 0 aromatic heterocycles. The number of carbonyl (C=O) groups is 1. The lowest BCUT2D eigenvalue weighted by Crippen LogP contribution is -2.12. The molecule has 0 saturated heterocycles. The lowest BCUT2D eigenvalue weighted by Gasteiger charge is -2.12. The van der Waals surface area contributed by atoms with E-state index in [2.05, 4.69) is 12.2 Å². The van der Waals surface area contributed by atoms with Crippen molar-refractivity contribution in [3.8, 4) is 0 Å². The Kier molecular flexibility index (Phi) is 3.13. The number of anilines is 1. The largest absolute Gasteiger partial charge is 0.478 e. The number of aromatic carboxylic acids is 1.